The third kappa shape index (κ3) is 3.49. The lowest BCUT2D eigenvalue weighted by Gasteiger charge is -2.32. The van der Waals surface area contributed by atoms with Crippen molar-refractivity contribution < 1.29 is 9.53 Å². The van der Waals surface area contributed by atoms with Gasteiger partial charge in [-0.3, -0.25) is 4.79 Å². The molecule has 1 saturated heterocycles. The average Bonchev–Trinajstić information content (AvgIpc) is 3.50. The Kier molecular flexibility index (Phi) is 4.73. The summed E-state index contributed by atoms with van der Waals surface area (Å²) in [5.74, 6) is 2.33. The second kappa shape index (κ2) is 7.32. The molecule has 4 rings (SSSR count). The summed E-state index contributed by atoms with van der Waals surface area (Å²) in [6.07, 6.45) is 4.47. The first-order chi connectivity index (χ1) is 12.8. The van der Waals surface area contributed by atoms with E-state index in [9.17, 15) is 4.79 Å². The molecule has 0 radical (unpaired) electrons. The van der Waals surface area contributed by atoms with Crippen LogP contribution in [-0.4, -0.2) is 42.3 Å². The summed E-state index contributed by atoms with van der Waals surface area (Å²) in [7, 11) is 1.68. The van der Waals surface area contributed by atoms with Crippen molar-refractivity contribution in [1.29, 1.82) is 0 Å². The molecule has 1 saturated carbocycles. The van der Waals surface area contributed by atoms with E-state index >= 15 is 0 Å². The topological polar surface area (TPSA) is 67.3 Å². The molecule has 0 spiro atoms. The Morgan fingerprint density at radius 1 is 1.19 bits per heavy atom. The van der Waals surface area contributed by atoms with Gasteiger partial charge in [0.15, 0.2) is 5.82 Å². The molecule has 6 heteroatoms. The monoisotopic (exact) mass is 352 g/mol. The molecule has 2 aromatic rings. The minimum absolute atomic E-state index is 0.0734. The fraction of sp³-hybridized carbons (Fsp3) is 0.450. The molecular formula is C20H24N4O2. The Hall–Kier alpha value is -2.63. The number of anilines is 1. The van der Waals surface area contributed by atoms with Crippen LogP contribution in [0, 0.1) is 5.92 Å². The van der Waals surface area contributed by atoms with Gasteiger partial charge in [0, 0.05) is 31.2 Å². The summed E-state index contributed by atoms with van der Waals surface area (Å²) in [6.45, 7) is 1.79. The molecule has 26 heavy (non-hydrogen) atoms. The van der Waals surface area contributed by atoms with Crippen LogP contribution in [0.25, 0.3) is 0 Å². The zero-order chi connectivity index (χ0) is 17.9. The van der Waals surface area contributed by atoms with Crippen LogP contribution >= 0.6 is 0 Å². The van der Waals surface area contributed by atoms with Crippen molar-refractivity contribution in [2.75, 3.05) is 25.1 Å². The number of hydrogen-bond donors (Lipinski definition) is 1. The molecule has 1 aromatic heterocycles. The third-order valence-corrected chi connectivity index (χ3v) is 5.39. The van der Waals surface area contributed by atoms with E-state index in [1.54, 1.807) is 13.3 Å². The highest BCUT2D eigenvalue weighted by molar-refractivity contribution is 5.83. The zero-order valence-corrected chi connectivity index (χ0v) is 15.0. The summed E-state index contributed by atoms with van der Waals surface area (Å²) in [5.41, 5.74) is 1.15. The molecular weight excluding hydrogens is 328 g/mol. The van der Waals surface area contributed by atoms with E-state index in [-0.39, 0.29) is 23.8 Å². The fourth-order valence-corrected chi connectivity index (χ4v) is 3.82. The second-order valence-corrected chi connectivity index (χ2v) is 7.04. The van der Waals surface area contributed by atoms with Crippen LogP contribution < -0.4 is 15.0 Å². The normalized spacial score (nSPS) is 22.7. The Labute approximate surface area is 153 Å². The number of methoxy groups -OCH3 is 1. The van der Waals surface area contributed by atoms with Gasteiger partial charge in [-0.2, -0.15) is 5.10 Å². The molecule has 1 aromatic carbocycles. The quantitative estimate of drug-likeness (QED) is 0.895. The number of piperidine rings is 1. The van der Waals surface area contributed by atoms with Gasteiger partial charge in [0.05, 0.1) is 7.11 Å². The maximum absolute atomic E-state index is 12.6. The maximum Gasteiger partial charge on any atom is 0.223 e. The van der Waals surface area contributed by atoms with Crippen molar-refractivity contribution in [2.45, 2.75) is 31.2 Å². The standard InChI is InChI=1S/C20H24N4O2/c1-26-18-6-3-2-5-15(18)16-13-17(16)20(25)22-14-8-11-24(12-9-14)19-7-4-10-21-23-19/h2-7,10,14,16-17H,8-9,11-13H2,1H3,(H,22,25)/t16-,17+/m0/s1. The van der Waals surface area contributed by atoms with Gasteiger partial charge in [0.25, 0.3) is 0 Å². The number of carbonyl (C=O) groups is 1. The van der Waals surface area contributed by atoms with Crippen LogP contribution in [0.2, 0.25) is 0 Å². The number of ether oxygens (including phenoxy) is 1. The molecule has 1 amide bonds. The van der Waals surface area contributed by atoms with Crippen molar-refractivity contribution in [3.8, 4) is 5.75 Å². The van der Waals surface area contributed by atoms with Crippen LogP contribution in [0.4, 0.5) is 5.82 Å². The highest BCUT2D eigenvalue weighted by atomic mass is 16.5. The van der Waals surface area contributed by atoms with Crippen LogP contribution in [0.5, 0.6) is 5.75 Å². The number of nitrogens with one attached hydrogen (secondary N) is 1. The summed E-state index contributed by atoms with van der Waals surface area (Å²) in [5, 5.41) is 11.3. The predicted molar refractivity (Wildman–Crippen MR) is 99.3 cm³/mol. The molecule has 2 atom stereocenters. The highest BCUT2D eigenvalue weighted by Crippen LogP contribution is 2.50. The van der Waals surface area contributed by atoms with E-state index in [1.165, 1.54) is 0 Å². The first-order valence-electron chi connectivity index (χ1n) is 9.22. The average molecular weight is 352 g/mol. The SMILES string of the molecule is COc1ccccc1[C@@H]1C[C@H]1C(=O)NC1CCN(c2cccnn2)CC1. The number of carbonyl (C=O) groups excluding carboxylic acids is 1. The maximum atomic E-state index is 12.6. The lowest BCUT2D eigenvalue weighted by atomic mass is 10.0. The Morgan fingerprint density at radius 2 is 2.00 bits per heavy atom. The van der Waals surface area contributed by atoms with Gasteiger partial charge in [-0.1, -0.05) is 18.2 Å². The van der Waals surface area contributed by atoms with Gasteiger partial charge < -0.3 is 15.0 Å². The lowest BCUT2D eigenvalue weighted by Crippen LogP contribution is -2.45. The van der Waals surface area contributed by atoms with E-state index in [0.717, 1.165) is 49.5 Å². The van der Waals surface area contributed by atoms with E-state index in [0.29, 0.717) is 0 Å². The van der Waals surface area contributed by atoms with E-state index in [1.807, 2.05) is 30.3 Å². The van der Waals surface area contributed by atoms with Crippen molar-refractivity contribution in [2.24, 2.45) is 5.92 Å². The minimum Gasteiger partial charge on any atom is -0.496 e. The van der Waals surface area contributed by atoms with Crippen molar-refractivity contribution in [3.63, 3.8) is 0 Å². The number of para-hydroxylation sites is 1. The number of hydrogen-bond acceptors (Lipinski definition) is 5. The van der Waals surface area contributed by atoms with Gasteiger partial charge in [0.2, 0.25) is 5.91 Å². The first-order valence-corrected chi connectivity index (χ1v) is 9.22. The predicted octanol–water partition coefficient (Wildman–Crippen LogP) is 2.37. The third-order valence-electron chi connectivity index (χ3n) is 5.39. The van der Waals surface area contributed by atoms with Crippen molar-refractivity contribution in [1.82, 2.24) is 15.5 Å². The number of amides is 1. The van der Waals surface area contributed by atoms with Crippen LogP contribution in [0.3, 0.4) is 0 Å². The molecule has 0 bridgehead atoms. The summed E-state index contributed by atoms with van der Waals surface area (Å²) < 4.78 is 5.43. The van der Waals surface area contributed by atoms with Gasteiger partial charge in [-0.05, 0) is 48.9 Å². The minimum atomic E-state index is 0.0734. The number of benzene rings is 1. The molecule has 2 aliphatic rings. The summed E-state index contributed by atoms with van der Waals surface area (Å²) in [4.78, 5) is 14.8. The van der Waals surface area contributed by atoms with Crippen molar-refractivity contribution >= 4 is 11.7 Å². The van der Waals surface area contributed by atoms with E-state index in [2.05, 4.69) is 26.5 Å². The second-order valence-electron chi connectivity index (χ2n) is 7.04. The zero-order valence-electron chi connectivity index (χ0n) is 15.0. The molecule has 136 valence electrons. The number of nitrogens with zero attached hydrogens (tertiary/aromatic N) is 3. The Morgan fingerprint density at radius 3 is 2.73 bits per heavy atom. The van der Waals surface area contributed by atoms with Gasteiger partial charge in [0.1, 0.15) is 5.75 Å². The fourth-order valence-electron chi connectivity index (χ4n) is 3.82. The Balaban J connectivity index is 1.29. The van der Waals surface area contributed by atoms with Crippen LogP contribution in [0.15, 0.2) is 42.6 Å². The molecule has 2 heterocycles. The van der Waals surface area contributed by atoms with Crippen LogP contribution in [0.1, 0.15) is 30.7 Å². The molecule has 1 aliphatic carbocycles. The molecule has 0 unspecified atom stereocenters. The largest absolute Gasteiger partial charge is 0.496 e. The highest BCUT2D eigenvalue weighted by Gasteiger charge is 2.45. The molecule has 2 fully saturated rings. The smallest absolute Gasteiger partial charge is 0.223 e. The van der Waals surface area contributed by atoms with Gasteiger partial charge >= 0.3 is 0 Å². The summed E-state index contributed by atoms with van der Waals surface area (Å²) >= 11 is 0. The first kappa shape index (κ1) is 16.8. The summed E-state index contributed by atoms with van der Waals surface area (Å²) in [6, 6.07) is 12.1. The van der Waals surface area contributed by atoms with E-state index in [4.69, 9.17) is 4.74 Å². The Bertz CT molecular complexity index is 759. The molecule has 6 nitrogen and oxygen atoms in total. The number of aromatic nitrogens is 2. The van der Waals surface area contributed by atoms with Gasteiger partial charge in [-0.25, -0.2) is 0 Å². The van der Waals surface area contributed by atoms with Gasteiger partial charge in [-0.15, -0.1) is 5.10 Å². The lowest BCUT2D eigenvalue weighted by molar-refractivity contribution is -0.123. The van der Waals surface area contributed by atoms with Crippen molar-refractivity contribution in [3.05, 3.63) is 48.2 Å². The van der Waals surface area contributed by atoms with Crippen LogP contribution in [-0.2, 0) is 4.79 Å². The molecule has 1 aliphatic heterocycles. The molecule has 1 N–H and O–H groups in total. The van der Waals surface area contributed by atoms with E-state index < -0.39 is 0 Å². The number of rotatable bonds is 5.